The maximum absolute atomic E-state index is 12.5. The van der Waals surface area contributed by atoms with Gasteiger partial charge in [-0.05, 0) is 48.5 Å². The lowest BCUT2D eigenvalue weighted by molar-refractivity contribution is -0.384. The number of rotatable bonds is 5. The fourth-order valence-electron chi connectivity index (χ4n) is 2.78. The highest BCUT2D eigenvalue weighted by Crippen LogP contribution is 2.23. The highest BCUT2D eigenvalue weighted by Gasteiger charge is 2.16. The van der Waals surface area contributed by atoms with E-state index < -0.39 is 20.6 Å². The van der Waals surface area contributed by atoms with Crippen LogP contribution in [0.2, 0.25) is 0 Å². The first kappa shape index (κ1) is 19.3. The van der Waals surface area contributed by atoms with Gasteiger partial charge in [0.05, 0.1) is 20.7 Å². The van der Waals surface area contributed by atoms with Crippen LogP contribution in [0.25, 0.3) is 22.4 Å². The number of nitrogens with zero attached hydrogens (tertiary/aromatic N) is 2. The van der Waals surface area contributed by atoms with Crippen molar-refractivity contribution in [2.24, 2.45) is 0 Å². The van der Waals surface area contributed by atoms with E-state index in [1.54, 1.807) is 36.4 Å². The molecule has 3 aromatic carbocycles. The van der Waals surface area contributed by atoms with Crippen molar-refractivity contribution in [3.63, 3.8) is 0 Å². The van der Waals surface area contributed by atoms with Crippen LogP contribution >= 0.6 is 0 Å². The molecule has 1 N–H and O–H groups in total. The Morgan fingerprint density at radius 1 is 0.933 bits per heavy atom. The molecular weight excluding hydrogens is 410 g/mol. The average molecular weight is 423 g/mol. The summed E-state index contributed by atoms with van der Waals surface area (Å²) < 4.78 is 32.6. The number of nitro groups is 1. The molecule has 0 radical (unpaired) electrons. The van der Waals surface area contributed by atoms with Crippen molar-refractivity contribution in [3.8, 4) is 11.5 Å². The van der Waals surface area contributed by atoms with E-state index >= 15 is 0 Å². The fraction of sp³-hybridized carbons (Fsp3) is 0. The van der Waals surface area contributed by atoms with Gasteiger partial charge < -0.3 is 4.42 Å². The second-order valence-electron chi connectivity index (χ2n) is 6.26. The van der Waals surface area contributed by atoms with Gasteiger partial charge in [0.1, 0.15) is 0 Å². The molecule has 9 nitrogen and oxygen atoms in total. The minimum Gasteiger partial charge on any atom is -0.403 e. The summed E-state index contributed by atoms with van der Waals surface area (Å²) in [6.07, 6.45) is 0. The van der Waals surface area contributed by atoms with Gasteiger partial charge in [-0.2, -0.15) is 0 Å². The van der Waals surface area contributed by atoms with Crippen LogP contribution in [0, 0.1) is 10.1 Å². The lowest BCUT2D eigenvalue weighted by atomic mass is 10.2. The van der Waals surface area contributed by atoms with Gasteiger partial charge in [-0.25, -0.2) is 18.2 Å². The van der Waals surface area contributed by atoms with Crippen LogP contribution < -0.4 is 10.3 Å². The Bertz CT molecular complexity index is 1410. The van der Waals surface area contributed by atoms with E-state index in [9.17, 15) is 23.3 Å². The van der Waals surface area contributed by atoms with Gasteiger partial charge in [0.15, 0.2) is 0 Å². The van der Waals surface area contributed by atoms with Crippen molar-refractivity contribution in [1.82, 2.24) is 4.98 Å². The lowest BCUT2D eigenvalue weighted by Crippen LogP contribution is -2.12. The number of hydrogen-bond donors (Lipinski definition) is 1. The topological polar surface area (TPSA) is 132 Å². The molecular formula is C20H13N3O6S. The highest BCUT2D eigenvalue weighted by atomic mass is 32.2. The van der Waals surface area contributed by atoms with Gasteiger partial charge in [0, 0.05) is 23.4 Å². The molecule has 0 bridgehead atoms. The van der Waals surface area contributed by atoms with Gasteiger partial charge >= 0.3 is 5.63 Å². The summed E-state index contributed by atoms with van der Waals surface area (Å²) in [5, 5.41) is 11.1. The number of anilines is 1. The standard InChI is InChI=1S/C20H13N3O6S/c24-20-17-3-1-2-4-18(17)21-19(29-20)13-5-7-14(8-6-13)22-30(27,28)16-11-9-15(10-12-16)23(25)26/h1-12,22H. The van der Waals surface area contributed by atoms with Gasteiger partial charge in [-0.3, -0.25) is 14.8 Å². The Hall–Kier alpha value is -4.05. The SMILES string of the molecule is O=c1oc(-c2ccc(NS(=O)(=O)c3ccc([N+](=O)[O-])cc3)cc2)nc2ccccc12. The van der Waals surface area contributed by atoms with E-state index in [4.69, 9.17) is 4.42 Å². The minimum atomic E-state index is -3.93. The molecule has 150 valence electrons. The van der Waals surface area contributed by atoms with Crippen molar-refractivity contribution in [2.75, 3.05) is 4.72 Å². The third kappa shape index (κ3) is 3.76. The lowest BCUT2D eigenvalue weighted by Gasteiger charge is -2.08. The molecule has 0 saturated carbocycles. The Morgan fingerprint density at radius 2 is 1.60 bits per heavy atom. The second kappa shape index (κ2) is 7.41. The van der Waals surface area contributed by atoms with Crippen LogP contribution in [-0.2, 0) is 10.0 Å². The number of aromatic nitrogens is 1. The summed E-state index contributed by atoms with van der Waals surface area (Å²) >= 11 is 0. The van der Waals surface area contributed by atoms with Crippen molar-refractivity contribution in [2.45, 2.75) is 4.90 Å². The predicted octanol–water partition coefficient (Wildman–Crippen LogP) is 3.56. The quantitative estimate of drug-likeness (QED) is 0.383. The van der Waals surface area contributed by atoms with Gasteiger partial charge in [0.2, 0.25) is 5.89 Å². The summed E-state index contributed by atoms with van der Waals surface area (Å²) in [5.41, 5.74) is 0.532. The number of nitro benzene ring substituents is 1. The first-order chi connectivity index (χ1) is 14.3. The highest BCUT2D eigenvalue weighted by molar-refractivity contribution is 7.92. The van der Waals surface area contributed by atoms with E-state index in [0.717, 1.165) is 24.3 Å². The van der Waals surface area contributed by atoms with Crippen molar-refractivity contribution in [3.05, 3.63) is 93.3 Å². The molecule has 30 heavy (non-hydrogen) atoms. The summed E-state index contributed by atoms with van der Waals surface area (Å²) in [6.45, 7) is 0. The Balaban J connectivity index is 1.59. The average Bonchev–Trinajstić information content (AvgIpc) is 2.74. The molecule has 0 aliphatic rings. The van der Waals surface area contributed by atoms with Crippen LogP contribution in [0.4, 0.5) is 11.4 Å². The number of benzene rings is 3. The molecule has 4 rings (SSSR count). The number of nitrogens with one attached hydrogen (secondary N) is 1. The molecule has 0 atom stereocenters. The second-order valence-corrected chi connectivity index (χ2v) is 7.94. The third-order valence-corrected chi connectivity index (χ3v) is 5.67. The summed E-state index contributed by atoms with van der Waals surface area (Å²) in [6, 6.07) is 17.4. The van der Waals surface area contributed by atoms with Gasteiger partial charge in [-0.15, -0.1) is 0 Å². The Labute approximate surface area is 169 Å². The van der Waals surface area contributed by atoms with E-state index in [2.05, 4.69) is 9.71 Å². The van der Waals surface area contributed by atoms with Gasteiger partial charge in [0.25, 0.3) is 15.7 Å². The van der Waals surface area contributed by atoms with E-state index in [0.29, 0.717) is 16.5 Å². The number of fused-ring (bicyclic) bond motifs is 1. The summed E-state index contributed by atoms with van der Waals surface area (Å²) in [7, 11) is -3.93. The van der Waals surface area contributed by atoms with Crippen LogP contribution in [0.15, 0.2) is 86.9 Å². The maximum atomic E-state index is 12.5. The van der Waals surface area contributed by atoms with E-state index in [1.165, 1.54) is 12.1 Å². The molecule has 1 aromatic heterocycles. The van der Waals surface area contributed by atoms with E-state index in [-0.39, 0.29) is 22.2 Å². The van der Waals surface area contributed by atoms with Crippen LogP contribution in [0.3, 0.4) is 0 Å². The molecule has 0 aliphatic heterocycles. The van der Waals surface area contributed by atoms with Crippen LogP contribution in [0.5, 0.6) is 0 Å². The molecule has 0 saturated heterocycles. The largest absolute Gasteiger partial charge is 0.403 e. The molecule has 0 fully saturated rings. The maximum Gasteiger partial charge on any atom is 0.347 e. The molecule has 1 heterocycles. The first-order valence-electron chi connectivity index (χ1n) is 8.61. The van der Waals surface area contributed by atoms with Crippen molar-refractivity contribution >= 4 is 32.3 Å². The number of sulfonamides is 1. The number of non-ortho nitro benzene ring substituents is 1. The molecule has 0 amide bonds. The Morgan fingerprint density at radius 3 is 2.27 bits per heavy atom. The van der Waals surface area contributed by atoms with Crippen molar-refractivity contribution in [1.29, 1.82) is 0 Å². The third-order valence-electron chi connectivity index (χ3n) is 4.28. The van der Waals surface area contributed by atoms with Crippen LogP contribution in [-0.4, -0.2) is 18.3 Å². The zero-order chi connectivity index (χ0) is 21.3. The minimum absolute atomic E-state index is 0.112. The summed E-state index contributed by atoms with van der Waals surface area (Å²) in [5.74, 6) is 0.114. The van der Waals surface area contributed by atoms with E-state index in [1.807, 2.05) is 0 Å². The van der Waals surface area contributed by atoms with Crippen molar-refractivity contribution < 1.29 is 17.8 Å². The molecule has 0 spiro atoms. The Kier molecular flexibility index (Phi) is 4.76. The molecule has 4 aromatic rings. The smallest absolute Gasteiger partial charge is 0.347 e. The fourth-order valence-corrected chi connectivity index (χ4v) is 3.84. The van der Waals surface area contributed by atoms with Gasteiger partial charge in [-0.1, -0.05) is 12.1 Å². The number of para-hydroxylation sites is 1. The number of hydrogen-bond acceptors (Lipinski definition) is 7. The predicted molar refractivity (Wildman–Crippen MR) is 110 cm³/mol. The molecule has 0 unspecified atom stereocenters. The zero-order valence-electron chi connectivity index (χ0n) is 15.2. The molecule has 10 heteroatoms. The first-order valence-corrected chi connectivity index (χ1v) is 10.1. The zero-order valence-corrected chi connectivity index (χ0v) is 16.0. The monoisotopic (exact) mass is 423 g/mol. The molecule has 0 aliphatic carbocycles. The summed E-state index contributed by atoms with van der Waals surface area (Å²) in [4.78, 5) is 26.4. The van der Waals surface area contributed by atoms with Crippen LogP contribution in [0.1, 0.15) is 0 Å². The normalized spacial score (nSPS) is 11.3.